The number of halogens is 1. The molecule has 6 aliphatic rings. The highest BCUT2D eigenvalue weighted by Gasteiger charge is 2.59. The van der Waals surface area contributed by atoms with Crippen molar-refractivity contribution in [3.8, 4) is 17.2 Å². The van der Waals surface area contributed by atoms with E-state index in [1.807, 2.05) is 0 Å². The van der Waals surface area contributed by atoms with Crippen LogP contribution in [0.2, 0.25) is 0 Å². The van der Waals surface area contributed by atoms with E-state index in [2.05, 4.69) is 40.1 Å². The molecule has 8 atom stereocenters. The van der Waals surface area contributed by atoms with E-state index in [-0.39, 0.29) is 48.3 Å². The summed E-state index contributed by atoms with van der Waals surface area (Å²) in [5.74, 6) is 5.18. The first kappa shape index (κ1) is 29.7. The number of Topliss-reactive ketones (excluding diaryl/α,β-unsaturated/α-hetero) is 1. The number of carbonyl (C=O) groups excluding carboxylic acids is 1. The van der Waals surface area contributed by atoms with Gasteiger partial charge in [0.05, 0.1) is 45.8 Å². The Hall–Kier alpha value is -1.32. The number of likely N-dealkylation sites (N-methyl/N-ethyl adjacent to an activating group) is 1. The maximum Gasteiger partial charge on any atom is 0.231 e. The summed E-state index contributed by atoms with van der Waals surface area (Å²) in [6.07, 6.45) is 12.7. The first-order chi connectivity index (χ1) is 19.1. The molecule has 41 heavy (non-hydrogen) atoms. The molecule has 226 valence electrons. The maximum atomic E-state index is 14.4. The minimum absolute atomic E-state index is 0. The molecule has 7 rings (SSSR count). The summed E-state index contributed by atoms with van der Waals surface area (Å²) in [5, 5.41) is 10.4. The number of methoxy groups -OCH3 is 1. The summed E-state index contributed by atoms with van der Waals surface area (Å²) in [6.45, 7) is 6.14. The van der Waals surface area contributed by atoms with Crippen molar-refractivity contribution in [2.24, 2.45) is 34.5 Å². The zero-order valence-electron chi connectivity index (χ0n) is 25.5. The average molecular weight is 678 g/mol. The van der Waals surface area contributed by atoms with Crippen molar-refractivity contribution >= 4 is 5.78 Å². The molecule has 3 fully saturated rings. The number of rotatable bonds is 4. The molecule has 2 aliphatic heterocycles. The van der Waals surface area contributed by atoms with Gasteiger partial charge in [0, 0.05) is 6.42 Å². The van der Waals surface area contributed by atoms with Crippen molar-refractivity contribution in [2.75, 3.05) is 34.5 Å². The van der Waals surface area contributed by atoms with Gasteiger partial charge >= 0.3 is 0 Å². The van der Waals surface area contributed by atoms with Crippen molar-refractivity contribution in [3.63, 3.8) is 0 Å². The summed E-state index contributed by atoms with van der Waals surface area (Å²) in [7, 11) is 6.21. The molecule has 2 heterocycles. The number of quaternary nitrogens is 1. The molecule has 1 unspecified atom stereocenters. The van der Waals surface area contributed by atoms with Crippen LogP contribution in [0.1, 0.15) is 88.8 Å². The Bertz CT molecular complexity index is 1260. The average Bonchev–Trinajstić information content (AvgIpc) is 3.53. The Morgan fingerprint density at radius 1 is 1.12 bits per heavy atom. The van der Waals surface area contributed by atoms with Crippen molar-refractivity contribution in [3.05, 3.63) is 28.8 Å². The Morgan fingerprint density at radius 3 is 2.71 bits per heavy atom. The van der Waals surface area contributed by atoms with Crippen LogP contribution in [0, 0.1) is 34.5 Å². The van der Waals surface area contributed by atoms with E-state index in [9.17, 15) is 9.90 Å². The standard InChI is InChI=1S/C34H48NO5.HI/c1-33-13-10-22(36)17-21(33)6-7-23-24-8-9-26(34(24,2)14-11-25(23)33)28(37)18-27-30-20(12-15-35(27,3)4)16-29-31(32(30)38-5)40-19-39-29;/h9,16,21-25,27,36H,6-8,10-15,17-19H2,1-5H3;1H/q+1;/p-1/t21-,22+,23-,24-,25-,27?,33-,34-;/m0./s1. The summed E-state index contributed by atoms with van der Waals surface area (Å²) in [4.78, 5) is 14.4. The summed E-state index contributed by atoms with van der Waals surface area (Å²) in [5.41, 5.74) is 3.79. The molecular weight excluding hydrogens is 629 g/mol. The molecular formula is C34H48INO5. The lowest BCUT2D eigenvalue weighted by atomic mass is 9.44. The van der Waals surface area contributed by atoms with Gasteiger partial charge in [0.2, 0.25) is 12.5 Å². The van der Waals surface area contributed by atoms with E-state index in [1.54, 1.807) is 7.11 Å². The third kappa shape index (κ3) is 4.41. The lowest BCUT2D eigenvalue weighted by Gasteiger charge is -2.60. The second-order valence-electron chi connectivity index (χ2n) is 15.0. The van der Waals surface area contributed by atoms with E-state index in [0.717, 1.165) is 78.1 Å². The van der Waals surface area contributed by atoms with Crippen LogP contribution in [-0.4, -0.2) is 56.0 Å². The predicted octanol–water partition coefficient (Wildman–Crippen LogP) is 3.00. The van der Waals surface area contributed by atoms with Crippen LogP contribution in [-0.2, 0) is 11.2 Å². The van der Waals surface area contributed by atoms with Crippen molar-refractivity contribution in [2.45, 2.75) is 90.2 Å². The fraction of sp³-hybridized carbons (Fsp3) is 0.735. The van der Waals surface area contributed by atoms with E-state index >= 15 is 0 Å². The van der Waals surface area contributed by atoms with Gasteiger partial charge in [-0.25, -0.2) is 0 Å². The number of allylic oxidation sites excluding steroid dienone is 2. The molecule has 0 radical (unpaired) electrons. The minimum atomic E-state index is -0.104. The van der Waals surface area contributed by atoms with Gasteiger partial charge in [-0.2, -0.15) is 0 Å². The Balaban J connectivity index is 0.00000302. The number of fused-ring (bicyclic) bond motifs is 7. The summed E-state index contributed by atoms with van der Waals surface area (Å²) < 4.78 is 18.3. The molecule has 7 heteroatoms. The van der Waals surface area contributed by atoms with Crippen LogP contribution in [0.15, 0.2) is 17.7 Å². The third-order valence-electron chi connectivity index (χ3n) is 13.0. The second kappa shape index (κ2) is 10.4. The van der Waals surface area contributed by atoms with Crippen LogP contribution >= 0.6 is 0 Å². The van der Waals surface area contributed by atoms with E-state index in [1.165, 1.54) is 24.8 Å². The van der Waals surface area contributed by atoms with Crippen molar-refractivity contribution in [1.29, 1.82) is 0 Å². The monoisotopic (exact) mass is 677 g/mol. The predicted molar refractivity (Wildman–Crippen MR) is 153 cm³/mol. The highest BCUT2D eigenvalue weighted by atomic mass is 127. The zero-order valence-corrected chi connectivity index (χ0v) is 27.7. The van der Waals surface area contributed by atoms with Gasteiger partial charge in [0.25, 0.3) is 0 Å². The lowest BCUT2D eigenvalue weighted by Crippen LogP contribution is -3.00. The highest BCUT2D eigenvalue weighted by Crippen LogP contribution is 2.66. The molecule has 1 N–H and O–H groups in total. The molecule has 1 aromatic rings. The van der Waals surface area contributed by atoms with Crippen LogP contribution in [0.4, 0.5) is 0 Å². The van der Waals surface area contributed by atoms with Crippen LogP contribution < -0.4 is 38.2 Å². The van der Waals surface area contributed by atoms with Crippen LogP contribution in [0.3, 0.4) is 0 Å². The van der Waals surface area contributed by atoms with Gasteiger partial charge in [-0.15, -0.1) is 0 Å². The number of ketones is 1. The van der Waals surface area contributed by atoms with Gasteiger partial charge in [-0.3, -0.25) is 4.79 Å². The molecule has 1 aromatic carbocycles. The number of aliphatic hydroxyl groups is 1. The molecule has 0 aromatic heterocycles. The smallest absolute Gasteiger partial charge is 0.231 e. The fourth-order valence-corrected chi connectivity index (χ4v) is 10.6. The van der Waals surface area contributed by atoms with Gasteiger partial charge < -0.3 is 47.8 Å². The van der Waals surface area contributed by atoms with Crippen molar-refractivity contribution < 1.29 is 52.6 Å². The topological polar surface area (TPSA) is 65.0 Å². The van der Waals surface area contributed by atoms with Gasteiger partial charge in [0.1, 0.15) is 6.04 Å². The van der Waals surface area contributed by atoms with Crippen LogP contribution in [0.5, 0.6) is 17.2 Å². The normalized spacial score (nSPS) is 39.8. The first-order valence-electron chi connectivity index (χ1n) is 15.8. The fourth-order valence-electron chi connectivity index (χ4n) is 10.6. The number of hydrogen-bond acceptors (Lipinski definition) is 5. The Kier molecular flexibility index (Phi) is 7.54. The molecule has 0 bridgehead atoms. The van der Waals surface area contributed by atoms with Crippen molar-refractivity contribution in [1.82, 2.24) is 0 Å². The largest absolute Gasteiger partial charge is 1.00 e. The Labute approximate surface area is 262 Å². The maximum absolute atomic E-state index is 14.4. The number of carbonyl (C=O) groups is 1. The number of aliphatic hydroxyl groups excluding tert-OH is 1. The quantitative estimate of drug-likeness (QED) is 0.393. The third-order valence-corrected chi connectivity index (χ3v) is 13.0. The summed E-state index contributed by atoms with van der Waals surface area (Å²) in [6, 6.07) is 2.13. The van der Waals surface area contributed by atoms with E-state index in [0.29, 0.717) is 41.1 Å². The molecule has 6 nitrogen and oxygen atoms in total. The minimum Gasteiger partial charge on any atom is -1.00 e. The number of ether oxygens (including phenoxy) is 3. The van der Waals surface area contributed by atoms with Gasteiger partial charge in [0.15, 0.2) is 17.3 Å². The molecule has 0 amide bonds. The van der Waals surface area contributed by atoms with Gasteiger partial charge in [-0.1, -0.05) is 19.9 Å². The summed E-state index contributed by atoms with van der Waals surface area (Å²) >= 11 is 0. The second-order valence-corrected chi connectivity index (χ2v) is 15.0. The number of benzene rings is 1. The number of nitrogens with zero attached hydrogens (tertiary/aromatic N) is 1. The lowest BCUT2D eigenvalue weighted by molar-refractivity contribution is -0.922. The molecule has 3 saturated carbocycles. The molecule has 4 aliphatic carbocycles. The van der Waals surface area contributed by atoms with E-state index in [4.69, 9.17) is 14.2 Å². The SMILES string of the molecule is COc1c2c(cc3c1C(CC(=O)C1=CC[C@H]4[C@@H]5CC[C@H]6C[C@H](O)CC[C@]6(C)[C@H]5CC[C@]14C)[N+](C)(C)CC3)OCO2.[I-]. The van der Waals surface area contributed by atoms with Gasteiger partial charge in [-0.05, 0) is 103 Å². The number of hydrogen-bond donors (Lipinski definition) is 1. The zero-order chi connectivity index (χ0) is 28.0. The molecule has 0 spiro atoms. The Morgan fingerprint density at radius 2 is 1.93 bits per heavy atom. The molecule has 0 saturated heterocycles. The first-order valence-corrected chi connectivity index (χ1v) is 15.8. The van der Waals surface area contributed by atoms with Crippen LogP contribution in [0.25, 0.3) is 0 Å². The van der Waals surface area contributed by atoms with E-state index < -0.39 is 0 Å². The highest BCUT2D eigenvalue weighted by molar-refractivity contribution is 5.97.